The summed E-state index contributed by atoms with van der Waals surface area (Å²) < 4.78 is 0. The third-order valence-corrected chi connectivity index (χ3v) is 4.34. The first-order valence-corrected chi connectivity index (χ1v) is 7.41. The van der Waals surface area contributed by atoms with Gasteiger partial charge in [-0.15, -0.1) is 0 Å². The number of fused-ring (bicyclic) bond motifs is 1. The lowest BCUT2D eigenvalue weighted by molar-refractivity contribution is 0.254. The Hall–Kier alpha value is -1.75. The van der Waals surface area contributed by atoms with Crippen LogP contribution in [0.2, 0.25) is 0 Å². The van der Waals surface area contributed by atoms with E-state index < -0.39 is 0 Å². The van der Waals surface area contributed by atoms with E-state index in [2.05, 4.69) is 27.5 Å². The third-order valence-electron chi connectivity index (χ3n) is 4.34. The van der Waals surface area contributed by atoms with Gasteiger partial charge < -0.3 is 16.0 Å². The van der Waals surface area contributed by atoms with Gasteiger partial charge in [0, 0.05) is 24.5 Å². The van der Waals surface area contributed by atoms with E-state index in [0.717, 1.165) is 41.4 Å². The molecule has 0 aliphatic heterocycles. The summed E-state index contributed by atoms with van der Waals surface area (Å²) in [4.78, 5) is 2.46. The molecular weight excluding hydrogens is 250 g/mol. The van der Waals surface area contributed by atoms with Crippen molar-refractivity contribution in [3.63, 3.8) is 0 Å². The Bertz CT molecular complexity index is 571. The summed E-state index contributed by atoms with van der Waals surface area (Å²) in [5.74, 6) is 0. The van der Waals surface area contributed by atoms with Crippen LogP contribution in [0, 0.1) is 0 Å². The number of nitrogen functional groups attached to an aromatic ring is 1. The fourth-order valence-corrected chi connectivity index (χ4v) is 3.06. The van der Waals surface area contributed by atoms with Crippen molar-refractivity contribution in [1.82, 2.24) is 15.1 Å². The summed E-state index contributed by atoms with van der Waals surface area (Å²) >= 11 is 0. The molecule has 1 aliphatic rings. The lowest BCUT2D eigenvalue weighted by atomic mass is 10.2. The van der Waals surface area contributed by atoms with Crippen molar-refractivity contribution in [3.05, 3.63) is 18.3 Å². The minimum atomic E-state index is 0.768. The van der Waals surface area contributed by atoms with Gasteiger partial charge >= 0.3 is 0 Å². The molecule has 0 unspecified atom stereocenters. The molecule has 5 heteroatoms. The normalized spacial score (nSPS) is 16.3. The molecule has 0 atom stereocenters. The zero-order valence-electron chi connectivity index (χ0n) is 12.0. The van der Waals surface area contributed by atoms with Gasteiger partial charge in [0.15, 0.2) is 0 Å². The van der Waals surface area contributed by atoms with Gasteiger partial charge in [-0.05, 0) is 32.0 Å². The standard InChI is InChI=1S/C15H23N5/c1-20(12-4-2-3-5-12)7-6-17-15-9-14-11(8-13(15)16)10-18-19-14/h8-10,12,17H,2-7,16H2,1H3,(H,18,19). The highest BCUT2D eigenvalue weighted by atomic mass is 15.1. The summed E-state index contributed by atoms with van der Waals surface area (Å²) in [5, 5.41) is 11.5. The van der Waals surface area contributed by atoms with Crippen LogP contribution in [0.15, 0.2) is 18.3 Å². The number of nitrogens with one attached hydrogen (secondary N) is 2. The predicted molar refractivity (Wildman–Crippen MR) is 83.9 cm³/mol. The number of benzene rings is 1. The van der Waals surface area contributed by atoms with Crippen LogP contribution < -0.4 is 11.1 Å². The molecule has 108 valence electrons. The van der Waals surface area contributed by atoms with E-state index in [0.29, 0.717) is 0 Å². The number of hydrogen-bond acceptors (Lipinski definition) is 4. The molecule has 1 aromatic carbocycles. The number of nitrogens with zero attached hydrogens (tertiary/aromatic N) is 2. The molecule has 0 spiro atoms. The monoisotopic (exact) mass is 273 g/mol. The van der Waals surface area contributed by atoms with Gasteiger partial charge in [0.05, 0.1) is 23.1 Å². The maximum absolute atomic E-state index is 6.07. The number of rotatable bonds is 5. The smallest absolute Gasteiger partial charge is 0.0672 e. The first-order valence-electron chi connectivity index (χ1n) is 7.41. The number of aromatic amines is 1. The van der Waals surface area contributed by atoms with E-state index >= 15 is 0 Å². The van der Waals surface area contributed by atoms with Crippen LogP contribution in [0.3, 0.4) is 0 Å². The van der Waals surface area contributed by atoms with E-state index in [1.165, 1.54) is 25.7 Å². The van der Waals surface area contributed by atoms with Gasteiger partial charge in [0.25, 0.3) is 0 Å². The highest BCUT2D eigenvalue weighted by molar-refractivity contribution is 5.88. The average Bonchev–Trinajstić information content (AvgIpc) is 3.08. The van der Waals surface area contributed by atoms with E-state index in [4.69, 9.17) is 5.73 Å². The molecule has 0 radical (unpaired) electrons. The molecule has 1 aliphatic carbocycles. The van der Waals surface area contributed by atoms with Gasteiger partial charge in [-0.3, -0.25) is 5.10 Å². The number of anilines is 2. The van der Waals surface area contributed by atoms with Crippen molar-refractivity contribution in [2.75, 3.05) is 31.2 Å². The molecule has 0 amide bonds. The summed E-state index contributed by atoms with van der Waals surface area (Å²) in [6.07, 6.45) is 7.25. The Morgan fingerprint density at radius 2 is 2.20 bits per heavy atom. The van der Waals surface area contributed by atoms with E-state index in [-0.39, 0.29) is 0 Å². The first kappa shape index (κ1) is 13.2. The molecule has 4 N–H and O–H groups in total. The highest BCUT2D eigenvalue weighted by Crippen LogP contribution is 2.25. The van der Waals surface area contributed by atoms with Gasteiger partial charge in [-0.1, -0.05) is 12.8 Å². The lowest BCUT2D eigenvalue weighted by Gasteiger charge is -2.24. The van der Waals surface area contributed by atoms with Crippen molar-refractivity contribution in [1.29, 1.82) is 0 Å². The van der Waals surface area contributed by atoms with Crippen LogP contribution >= 0.6 is 0 Å². The zero-order chi connectivity index (χ0) is 13.9. The Kier molecular flexibility index (Phi) is 3.78. The van der Waals surface area contributed by atoms with Gasteiger partial charge in [0.2, 0.25) is 0 Å². The summed E-state index contributed by atoms with van der Waals surface area (Å²) in [7, 11) is 2.22. The Morgan fingerprint density at radius 3 is 3.00 bits per heavy atom. The second-order valence-corrected chi connectivity index (χ2v) is 5.74. The van der Waals surface area contributed by atoms with Gasteiger partial charge in [-0.2, -0.15) is 5.10 Å². The summed E-state index contributed by atoms with van der Waals surface area (Å²) in [6, 6.07) is 4.76. The van der Waals surface area contributed by atoms with Crippen LogP contribution in [0.4, 0.5) is 11.4 Å². The number of hydrogen-bond donors (Lipinski definition) is 3. The SMILES string of the molecule is CN(CCNc1cc2[nH]ncc2cc1N)C1CCCC1. The second-order valence-electron chi connectivity index (χ2n) is 5.74. The molecule has 0 bridgehead atoms. The molecule has 2 aromatic rings. The molecule has 3 rings (SSSR count). The maximum atomic E-state index is 6.07. The molecule has 0 saturated heterocycles. The minimum absolute atomic E-state index is 0.768. The topological polar surface area (TPSA) is 70.0 Å². The van der Waals surface area contributed by atoms with Crippen LogP contribution in [0.1, 0.15) is 25.7 Å². The largest absolute Gasteiger partial charge is 0.397 e. The molecular formula is C15H23N5. The summed E-state index contributed by atoms with van der Waals surface area (Å²) in [5.41, 5.74) is 8.85. The fraction of sp³-hybridized carbons (Fsp3) is 0.533. The molecule has 1 saturated carbocycles. The van der Waals surface area contributed by atoms with Crippen LogP contribution in [-0.2, 0) is 0 Å². The molecule has 5 nitrogen and oxygen atoms in total. The van der Waals surface area contributed by atoms with E-state index in [1.807, 2.05) is 12.1 Å². The number of aromatic nitrogens is 2. The lowest BCUT2D eigenvalue weighted by Crippen LogP contribution is -2.33. The average molecular weight is 273 g/mol. The maximum Gasteiger partial charge on any atom is 0.0672 e. The minimum Gasteiger partial charge on any atom is -0.397 e. The van der Waals surface area contributed by atoms with Gasteiger partial charge in [-0.25, -0.2) is 0 Å². The summed E-state index contributed by atoms with van der Waals surface area (Å²) in [6.45, 7) is 1.96. The highest BCUT2D eigenvalue weighted by Gasteiger charge is 2.18. The van der Waals surface area contributed by atoms with Crippen molar-refractivity contribution >= 4 is 22.3 Å². The Morgan fingerprint density at radius 1 is 1.40 bits per heavy atom. The van der Waals surface area contributed by atoms with Gasteiger partial charge in [0.1, 0.15) is 0 Å². The first-order chi connectivity index (χ1) is 9.74. The Labute approximate surface area is 119 Å². The second kappa shape index (κ2) is 5.71. The predicted octanol–water partition coefficient (Wildman–Crippen LogP) is 2.43. The molecule has 1 fully saturated rings. The third kappa shape index (κ3) is 2.72. The number of likely N-dealkylation sites (N-methyl/N-ethyl adjacent to an activating group) is 1. The van der Waals surface area contributed by atoms with E-state index in [9.17, 15) is 0 Å². The zero-order valence-corrected chi connectivity index (χ0v) is 12.0. The van der Waals surface area contributed by atoms with Crippen molar-refractivity contribution in [2.45, 2.75) is 31.7 Å². The van der Waals surface area contributed by atoms with Crippen molar-refractivity contribution < 1.29 is 0 Å². The number of H-pyrrole nitrogens is 1. The quantitative estimate of drug-likeness (QED) is 0.732. The molecule has 1 aromatic heterocycles. The number of nitrogens with two attached hydrogens (primary N) is 1. The molecule has 1 heterocycles. The fourth-order valence-electron chi connectivity index (χ4n) is 3.06. The van der Waals surface area contributed by atoms with Crippen molar-refractivity contribution in [2.24, 2.45) is 0 Å². The van der Waals surface area contributed by atoms with Crippen LogP contribution in [-0.4, -0.2) is 41.3 Å². The van der Waals surface area contributed by atoms with E-state index in [1.54, 1.807) is 6.20 Å². The molecule has 20 heavy (non-hydrogen) atoms. The Balaban J connectivity index is 1.57. The van der Waals surface area contributed by atoms with Crippen LogP contribution in [0.5, 0.6) is 0 Å². The van der Waals surface area contributed by atoms with Crippen LogP contribution in [0.25, 0.3) is 10.9 Å². The van der Waals surface area contributed by atoms with Crippen molar-refractivity contribution in [3.8, 4) is 0 Å².